The van der Waals surface area contributed by atoms with Gasteiger partial charge in [0.15, 0.2) is 0 Å². The molecule has 0 fully saturated rings. The van der Waals surface area contributed by atoms with Gasteiger partial charge in [-0.1, -0.05) is 91.0 Å². The van der Waals surface area contributed by atoms with E-state index >= 15 is 0 Å². The molecule has 0 atom stereocenters. The molecule has 0 unspecified atom stereocenters. The number of allylic oxidation sites excluding steroid dienone is 1. The van der Waals surface area contributed by atoms with Crippen LogP contribution in [0.5, 0.6) is 0 Å². The first-order valence-corrected chi connectivity index (χ1v) is 14.1. The highest BCUT2D eigenvalue weighted by Crippen LogP contribution is 2.43. The van der Waals surface area contributed by atoms with Gasteiger partial charge in [0.05, 0.1) is 16.6 Å². The van der Waals surface area contributed by atoms with Crippen LogP contribution in [0.25, 0.3) is 71.7 Å². The van der Waals surface area contributed by atoms with Crippen LogP contribution < -0.4 is 0 Å². The van der Waals surface area contributed by atoms with Crippen LogP contribution in [0.1, 0.15) is 17.7 Å². The van der Waals surface area contributed by atoms with Crippen LogP contribution in [0.4, 0.5) is 0 Å². The number of fused-ring (bicyclic) bond motifs is 9. The van der Waals surface area contributed by atoms with E-state index in [0.29, 0.717) is 0 Å². The molecule has 2 heteroatoms. The van der Waals surface area contributed by atoms with Gasteiger partial charge in [0.2, 0.25) is 0 Å². The monoisotopic (exact) mass is 510 g/mol. The van der Waals surface area contributed by atoms with Gasteiger partial charge in [0.1, 0.15) is 0 Å². The summed E-state index contributed by atoms with van der Waals surface area (Å²) in [5.41, 5.74) is 8.97. The minimum absolute atomic E-state index is 1.04. The lowest BCUT2D eigenvalue weighted by molar-refractivity contribution is 0.889. The van der Waals surface area contributed by atoms with E-state index in [0.717, 1.165) is 12.8 Å². The molecule has 0 bridgehead atoms. The number of aromatic nitrogens is 2. The van der Waals surface area contributed by atoms with Gasteiger partial charge in [-0.05, 0) is 76.9 Å². The van der Waals surface area contributed by atoms with Gasteiger partial charge in [-0.2, -0.15) is 0 Å². The molecule has 2 heterocycles. The van der Waals surface area contributed by atoms with Gasteiger partial charge in [-0.3, -0.25) is 0 Å². The predicted molar refractivity (Wildman–Crippen MR) is 170 cm³/mol. The molecule has 0 N–H and O–H groups in total. The van der Waals surface area contributed by atoms with Gasteiger partial charge < -0.3 is 9.13 Å². The van der Waals surface area contributed by atoms with Crippen molar-refractivity contribution in [3.8, 4) is 11.4 Å². The molecule has 2 nitrogen and oxygen atoms in total. The normalized spacial score (nSPS) is 13.2. The Hall–Kier alpha value is -5.08. The molecule has 0 saturated carbocycles. The largest absolute Gasteiger partial charge is 0.313 e. The number of benzene rings is 6. The van der Waals surface area contributed by atoms with E-state index in [1.165, 1.54) is 76.9 Å². The Kier molecular flexibility index (Phi) is 4.48. The second-order valence-corrected chi connectivity index (χ2v) is 10.9. The summed E-state index contributed by atoms with van der Waals surface area (Å²) in [4.78, 5) is 0. The third-order valence-corrected chi connectivity index (χ3v) is 8.72. The average Bonchev–Trinajstić information content (AvgIpc) is 3.53. The Bertz CT molecular complexity index is 2330. The molecule has 2 aromatic heterocycles. The summed E-state index contributed by atoms with van der Waals surface area (Å²) in [6, 6.07) is 44.5. The van der Waals surface area contributed by atoms with E-state index in [9.17, 15) is 0 Å². The van der Waals surface area contributed by atoms with E-state index < -0.39 is 0 Å². The summed E-state index contributed by atoms with van der Waals surface area (Å²) in [6.45, 7) is 0. The summed E-state index contributed by atoms with van der Waals surface area (Å²) in [7, 11) is 0. The van der Waals surface area contributed by atoms with Crippen LogP contribution in [0.15, 0.2) is 127 Å². The molecular weight excluding hydrogens is 484 g/mol. The Morgan fingerprint density at radius 2 is 1.07 bits per heavy atom. The van der Waals surface area contributed by atoms with E-state index in [1.54, 1.807) is 0 Å². The summed E-state index contributed by atoms with van der Waals surface area (Å²) < 4.78 is 4.96. The predicted octanol–water partition coefficient (Wildman–Crippen LogP) is 9.99. The third-order valence-electron chi connectivity index (χ3n) is 8.72. The minimum Gasteiger partial charge on any atom is -0.313 e. The zero-order valence-corrected chi connectivity index (χ0v) is 22.0. The number of rotatable bonds is 2. The summed E-state index contributed by atoms with van der Waals surface area (Å²) >= 11 is 0. The summed E-state index contributed by atoms with van der Waals surface area (Å²) in [6.07, 6.45) is 6.81. The number of hydrogen-bond acceptors (Lipinski definition) is 0. The van der Waals surface area contributed by atoms with E-state index in [-0.39, 0.29) is 0 Å². The molecule has 8 aromatic rings. The van der Waals surface area contributed by atoms with Crippen molar-refractivity contribution < 1.29 is 0 Å². The highest BCUT2D eigenvalue weighted by Gasteiger charge is 2.24. The van der Waals surface area contributed by atoms with Crippen LogP contribution in [0.2, 0.25) is 0 Å². The second kappa shape index (κ2) is 8.21. The van der Waals surface area contributed by atoms with Crippen molar-refractivity contribution in [1.29, 1.82) is 0 Å². The first kappa shape index (κ1) is 21.8. The average molecular weight is 511 g/mol. The number of hydrogen-bond donors (Lipinski definition) is 0. The summed E-state index contributed by atoms with van der Waals surface area (Å²) in [5.74, 6) is 0. The van der Waals surface area contributed by atoms with Crippen molar-refractivity contribution in [3.05, 3.63) is 139 Å². The van der Waals surface area contributed by atoms with E-state index in [4.69, 9.17) is 0 Å². The van der Waals surface area contributed by atoms with Crippen molar-refractivity contribution in [2.24, 2.45) is 0 Å². The fourth-order valence-corrected chi connectivity index (χ4v) is 6.97. The Morgan fingerprint density at radius 3 is 1.80 bits per heavy atom. The van der Waals surface area contributed by atoms with Crippen molar-refractivity contribution >= 4 is 60.3 Å². The lowest BCUT2D eigenvalue weighted by atomic mass is 9.99. The molecule has 1 aliphatic rings. The third kappa shape index (κ3) is 2.99. The zero-order chi connectivity index (χ0) is 26.2. The van der Waals surface area contributed by atoms with Crippen molar-refractivity contribution in [2.75, 3.05) is 0 Å². The van der Waals surface area contributed by atoms with E-state index in [1.807, 2.05) is 0 Å². The van der Waals surface area contributed by atoms with Crippen molar-refractivity contribution in [1.82, 2.24) is 9.13 Å². The smallest absolute Gasteiger partial charge is 0.0548 e. The van der Waals surface area contributed by atoms with Gasteiger partial charge >= 0.3 is 0 Å². The highest BCUT2D eigenvalue weighted by molar-refractivity contribution is 6.23. The minimum atomic E-state index is 1.04. The zero-order valence-electron chi connectivity index (χ0n) is 22.0. The molecule has 0 aliphatic heterocycles. The van der Waals surface area contributed by atoms with Crippen LogP contribution in [-0.2, 0) is 6.42 Å². The molecule has 0 radical (unpaired) electrons. The quantitative estimate of drug-likeness (QED) is 0.219. The molecule has 0 spiro atoms. The molecule has 0 amide bonds. The maximum atomic E-state index is 2.52. The Labute approximate surface area is 232 Å². The first-order valence-electron chi connectivity index (χ1n) is 14.1. The van der Waals surface area contributed by atoms with Gasteiger partial charge in [-0.15, -0.1) is 0 Å². The second-order valence-electron chi connectivity index (χ2n) is 10.9. The van der Waals surface area contributed by atoms with Crippen LogP contribution in [0.3, 0.4) is 0 Å². The highest BCUT2D eigenvalue weighted by atomic mass is 15.0. The SMILES string of the molecule is C1=Cc2c(n(-c3ccc4ccccc4c3)c3ccc4c(c5ccccc5n4-c4ccc5ccccc5c4)c23)CC1. The number of nitrogens with zero attached hydrogens (tertiary/aromatic N) is 2. The molecule has 188 valence electrons. The summed E-state index contributed by atoms with van der Waals surface area (Å²) in [5, 5.41) is 9.06. The number of para-hydroxylation sites is 1. The van der Waals surface area contributed by atoms with Gasteiger partial charge in [0.25, 0.3) is 0 Å². The van der Waals surface area contributed by atoms with Crippen LogP contribution >= 0.6 is 0 Å². The molecule has 9 rings (SSSR count). The molecule has 40 heavy (non-hydrogen) atoms. The topological polar surface area (TPSA) is 9.86 Å². The Morgan fingerprint density at radius 1 is 0.475 bits per heavy atom. The van der Waals surface area contributed by atoms with Gasteiger partial charge in [-0.25, -0.2) is 0 Å². The Balaban J connectivity index is 1.41. The van der Waals surface area contributed by atoms with Gasteiger partial charge in [0, 0.05) is 38.8 Å². The molecular formula is C38H26N2. The van der Waals surface area contributed by atoms with Crippen molar-refractivity contribution in [3.63, 3.8) is 0 Å². The molecule has 6 aromatic carbocycles. The molecule has 1 aliphatic carbocycles. The van der Waals surface area contributed by atoms with Crippen LogP contribution in [0, 0.1) is 0 Å². The fraction of sp³-hybridized carbons (Fsp3) is 0.0526. The standard InChI is InChI=1S/C38H26N2/c1-3-11-27-23-29(19-17-25(27)9-1)39-33-15-7-5-13-31(33)37-35(39)21-22-36-38(37)32-14-6-8-16-34(32)40(36)30-20-18-26-10-2-4-12-28(26)24-30/h1-7,9-15,17-24H,8,16H2. The first-order chi connectivity index (χ1) is 19.8. The maximum Gasteiger partial charge on any atom is 0.0548 e. The van der Waals surface area contributed by atoms with Crippen LogP contribution in [-0.4, -0.2) is 9.13 Å². The molecule has 0 saturated heterocycles. The maximum absolute atomic E-state index is 2.52. The van der Waals surface area contributed by atoms with Crippen molar-refractivity contribution in [2.45, 2.75) is 12.8 Å². The fourth-order valence-electron chi connectivity index (χ4n) is 6.97. The lowest BCUT2D eigenvalue weighted by Gasteiger charge is -2.14. The van der Waals surface area contributed by atoms with E-state index in [2.05, 4.69) is 143 Å². The lowest BCUT2D eigenvalue weighted by Crippen LogP contribution is -2.02.